The maximum absolute atomic E-state index is 12.9. The number of rotatable bonds is 6. The normalized spacial score (nSPS) is 17.9. The summed E-state index contributed by atoms with van der Waals surface area (Å²) < 4.78 is 32.9. The molecule has 1 saturated carbocycles. The molecule has 3 aromatic heterocycles. The van der Waals surface area contributed by atoms with Crippen LogP contribution in [0.2, 0.25) is 0 Å². The van der Waals surface area contributed by atoms with Gasteiger partial charge in [-0.25, -0.2) is 13.8 Å². The second-order valence-electron chi connectivity index (χ2n) is 10.5. The summed E-state index contributed by atoms with van der Waals surface area (Å²) in [5, 5.41) is 6.40. The number of benzene rings is 1. The lowest BCUT2D eigenvalue weighted by Gasteiger charge is -2.32. The Morgan fingerprint density at radius 1 is 1.13 bits per heavy atom. The Morgan fingerprint density at radius 3 is 2.62 bits per heavy atom. The van der Waals surface area contributed by atoms with Gasteiger partial charge < -0.3 is 19.1 Å². The van der Waals surface area contributed by atoms with Crippen LogP contribution in [-0.2, 0) is 11.3 Å². The van der Waals surface area contributed by atoms with Gasteiger partial charge in [-0.3, -0.25) is 9.69 Å². The van der Waals surface area contributed by atoms with Gasteiger partial charge in [-0.05, 0) is 44.2 Å². The zero-order valence-electron chi connectivity index (χ0n) is 22.4. The van der Waals surface area contributed by atoms with E-state index in [2.05, 4.69) is 66.9 Å². The number of nitrogens with zero attached hydrogens (tertiary/aromatic N) is 6. The van der Waals surface area contributed by atoms with Crippen molar-refractivity contribution in [1.29, 1.82) is 0 Å². The molecule has 0 unspecified atom stereocenters. The summed E-state index contributed by atoms with van der Waals surface area (Å²) in [6.07, 6.45) is 4.23. The Bertz CT molecular complexity index is 1430. The van der Waals surface area contributed by atoms with E-state index in [1.807, 2.05) is 19.2 Å². The first kappa shape index (κ1) is 26.9. The van der Waals surface area contributed by atoms with E-state index in [-0.39, 0.29) is 24.7 Å². The lowest BCUT2D eigenvalue weighted by Crippen LogP contribution is -2.43. The highest BCUT2D eigenvalue weighted by molar-refractivity contribution is 5.76. The van der Waals surface area contributed by atoms with Crippen LogP contribution in [-0.4, -0.2) is 74.9 Å². The Hall–Kier alpha value is -3.70. The number of aromatic nitrogens is 4. The molecule has 2 aliphatic rings. The highest BCUT2D eigenvalue weighted by Crippen LogP contribution is 2.47. The number of likely N-dealkylation sites (N-methyl/N-ethyl adjacent to an activating group) is 1. The summed E-state index contributed by atoms with van der Waals surface area (Å²) >= 11 is 0. The number of amides is 1. The van der Waals surface area contributed by atoms with Crippen molar-refractivity contribution in [1.82, 2.24) is 29.3 Å². The Labute approximate surface area is 225 Å². The van der Waals surface area contributed by atoms with Crippen molar-refractivity contribution < 1.29 is 18.1 Å². The maximum Gasteiger partial charge on any atom is 0.249 e. The molecule has 1 aliphatic heterocycles. The van der Waals surface area contributed by atoms with Crippen LogP contribution in [0.5, 0.6) is 0 Å². The van der Waals surface area contributed by atoms with Crippen molar-refractivity contribution in [3.8, 4) is 11.4 Å². The molecule has 1 aliphatic carbocycles. The van der Waals surface area contributed by atoms with Crippen LogP contribution >= 0.6 is 0 Å². The lowest BCUT2D eigenvalue weighted by molar-refractivity contribution is -0.105. The van der Waals surface area contributed by atoms with Gasteiger partial charge in [0.25, 0.3) is 0 Å². The first-order chi connectivity index (χ1) is 18.7. The quantitative estimate of drug-likeness (QED) is 0.362. The van der Waals surface area contributed by atoms with E-state index in [0.29, 0.717) is 23.5 Å². The van der Waals surface area contributed by atoms with Crippen molar-refractivity contribution in [3.05, 3.63) is 65.4 Å². The summed E-state index contributed by atoms with van der Waals surface area (Å²) in [7, 11) is 2.19. The third-order valence-corrected chi connectivity index (χ3v) is 7.35. The molecule has 2 fully saturated rings. The van der Waals surface area contributed by atoms with Gasteiger partial charge in [0.1, 0.15) is 5.65 Å². The third kappa shape index (κ3) is 6.31. The highest BCUT2D eigenvalue weighted by atomic mass is 19.3. The van der Waals surface area contributed by atoms with Gasteiger partial charge in [0.2, 0.25) is 24.0 Å². The van der Waals surface area contributed by atoms with Crippen LogP contribution < -0.4 is 5.32 Å². The van der Waals surface area contributed by atoms with Gasteiger partial charge in [-0.15, -0.1) is 0 Å². The van der Waals surface area contributed by atoms with E-state index in [1.54, 1.807) is 12.1 Å². The fraction of sp³-hybridized carbons (Fsp3) is 0.429. The smallest absolute Gasteiger partial charge is 0.249 e. The molecular weight excluding hydrogens is 504 g/mol. The predicted octanol–water partition coefficient (Wildman–Crippen LogP) is 4.52. The number of pyridine rings is 1. The zero-order chi connectivity index (χ0) is 27.6. The Morgan fingerprint density at radius 2 is 1.90 bits per heavy atom. The summed E-state index contributed by atoms with van der Waals surface area (Å²) in [6, 6.07) is 9.62. The molecule has 9 nitrogen and oxygen atoms in total. The third-order valence-electron chi connectivity index (χ3n) is 7.35. The minimum Gasteiger partial charge on any atom is -0.339 e. The predicted molar refractivity (Wildman–Crippen MR) is 144 cm³/mol. The number of halogens is 2. The van der Waals surface area contributed by atoms with Crippen LogP contribution in [0.1, 0.15) is 41.5 Å². The number of imidazole rings is 1. The van der Waals surface area contributed by atoms with Gasteiger partial charge in [0.15, 0.2) is 0 Å². The van der Waals surface area contributed by atoms with E-state index >= 15 is 0 Å². The van der Waals surface area contributed by atoms with Crippen LogP contribution in [0, 0.1) is 13.8 Å². The molecule has 0 bridgehead atoms. The second kappa shape index (κ2) is 11.2. The molecule has 39 heavy (non-hydrogen) atoms. The average Bonchev–Trinajstić information content (AvgIpc) is 3.53. The molecule has 206 valence electrons. The van der Waals surface area contributed by atoms with Gasteiger partial charge in [-0.2, -0.15) is 4.98 Å². The number of hydrogen-bond acceptors (Lipinski definition) is 7. The van der Waals surface area contributed by atoms with Crippen molar-refractivity contribution in [3.63, 3.8) is 0 Å². The first-order valence-corrected chi connectivity index (χ1v) is 13.1. The van der Waals surface area contributed by atoms with E-state index in [9.17, 15) is 13.6 Å². The van der Waals surface area contributed by atoms with E-state index in [0.717, 1.165) is 30.8 Å². The van der Waals surface area contributed by atoms with Crippen molar-refractivity contribution >= 4 is 17.7 Å². The SMILES string of the molecule is Cc1ccc(-c2noc(C3CC(F)(F)C3)n2)cc1NC=O.Cc1cnc2ccc(CN3CCN(C)CC3)cn12. The monoisotopic (exact) mass is 537 g/mol. The summed E-state index contributed by atoms with van der Waals surface area (Å²) in [4.78, 5) is 24.0. The van der Waals surface area contributed by atoms with Crippen LogP contribution in [0.4, 0.5) is 14.5 Å². The van der Waals surface area contributed by atoms with Gasteiger partial charge in [-0.1, -0.05) is 23.4 Å². The van der Waals surface area contributed by atoms with E-state index in [4.69, 9.17) is 4.52 Å². The van der Waals surface area contributed by atoms with Gasteiger partial charge >= 0.3 is 0 Å². The number of aryl methyl sites for hydroxylation is 2. The number of carbonyl (C=O) groups is 1. The maximum atomic E-state index is 12.9. The molecule has 1 saturated heterocycles. The van der Waals surface area contributed by atoms with Crippen molar-refractivity contribution in [2.24, 2.45) is 0 Å². The molecule has 0 atom stereocenters. The minimum atomic E-state index is -2.62. The van der Waals surface area contributed by atoms with Gasteiger partial charge in [0.05, 0.1) is 0 Å². The summed E-state index contributed by atoms with van der Waals surface area (Å²) in [6.45, 7) is 9.67. The second-order valence-corrected chi connectivity index (χ2v) is 10.5. The number of carbonyl (C=O) groups excluding carboxylic acids is 1. The lowest BCUT2D eigenvalue weighted by atomic mass is 9.81. The number of anilines is 1. The number of alkyl halides is 2. The summed E-state index contributed by atoms with van der Waals surface area (Å²) in [5.41, 5.74) is 5.80. The fourth-order valence-electron chi connectivity index (χ4n) is 4.84. The van der Waals surface area contributed by atoms with E-state index < -0.39 is 5.92 Å². The largest absolute Gasteiger partial charge is 0.339 e. The standard InChI is InChI=1S/C14H13F2N3O2.C14H20N4/c1-8-2-3-9(4-11(8)17-7-20)12-18-13(21-19-12)10-5-14(15,16)6-10;1-12-9-15-14-4-3-13(11-18(12)14)10-17-7-5-16(2)6-8-17/h2-4,7,10H,5-6H2,1H3,(H,17,20);3-4,9,11H,5-8,10H2,1-2H3. The number of hydrogen-bond donors (Lipinski definition) is 1. The summed E-state index contributed by atoms with van der Waals surface area (Å²) in [5.74, 6) is -2.43. The molecule has 1 N–H and O–H groups in total. The molecule has 1 aromatic carbocycles. The molecule has 6 rings (SSSR count). The van der Waals surface area contributed by atoms with Crippen LogP contribution in [0.3, 0.4) is 0 Å². The number of fused-ring (bicyclic) bond motifs is 1. The van der Waals surface area contributed by atoms with E-state index in [1.165, 1.54) is 24.3 Å². The first-order valence-electron chi connectivity index (χ1n) is 13.1. The topological polar surface area (TPSA) is 91.8 Å². The zero-order valence-corrected chi connectivity index (χ0v) is 22.4. The van der Waals surface area contributed by atoms with Crippen molar-refractivity contribution in [2.75, 3.05) is 38.5 Å². The average molecular weight is 538 g/mol. The van der Waals surface area contributed by atoms with Crippen molar-refractivity contribution in [2.45, 2.75) is 45.1 Å². The van der Waals surface area contributed by atoms with Gasteiger partial charge in [0, 0.05) is 80.8 Å². The molecular formula is C28H33F2N7O2. The Balaban J connectivity index is 0.000000160. The van der Waals surface area contributed by atoms with Crippen LogP contribution in [0.25, 0.3) is 17.0 Å². The Kier molecular flexibility index (Phi) is 7.72. The molecule has 0 spiro atoms. The highest BCUT2D eigenvalue weighted by Gasteiger charge is 2.48. The van der Waals surface area contributed by atoms with Crippen LogP contribution in [0.15, 0.2) is 47.2 Å². The fourth-order valence-corrected chi connectivity index (χ4v) is 4.84. The number of piperazine rings is 1. The number of nitrogens with one attached hydrogen (secondary N) is 1. The molecule has 4 heterocycles. The molecule has 0 radical (unpaired) electrons. The molecule has 4 aromatic rings. The molecule has 1 amide bonds. The minimum absolute atomic E-state index is 0.237. The molecule has 11 heteroatoms.